The maximum absolute atomic E-state index is 11.2. The van der Waals surface area contributed by atoms with E-state index in [2.05, 4.69) is 5.32 Å². The molecule has 3 rings (SSSR count). The predicted octanol–water partition coefficient (Wildman–Crippen LogP) is 3.25. The van der Waals surface area contributed by atoms with Gasteiger partial charge in [-0.3, -0.25) is 9.79 Å². The van der Waals surface area contributed by atoms with E-state index in [4.69, 9.17) is 10.7 Å². The molecule has 2 aliphatic rings. The molecule has 21 heavy (non-hydrogen) atoms. The highest BCUT2D eigenvalue weighted by Gasteiger charge is 2.34. The summed E-state index contributed by atoms with van der Waals surface area (Å²) in [6, 6.07) is 7.26. The molecule has 0 aromatic heterocycles. The number of hydrogen-bond acceptors (Lipinski definition) is 4. The van der Waals surface area contributed by atoms with E-state index in [0.29, 0.717) is 11.0 Å². The van der Waals surface area contributed by atoms with Gasteiger partial charge < -0.3 is 11.1 Å². The third-order valence-corrected chi connectivity index (χ3v) is 5.65. The molecule has 4 nitrogen and oxygen atoms in total. The average Bonchev–Trinajstić information content (AvgIpc) is 2.51. The van der Waals surface area contributed by atoms with Crippen LogP contribution in [0.2, 0.25) is 0 Å². The molecule has 0 atom stereocenters. The molecule has 0 radical (unpaired) electrons. The second-order valence-electron chi connectivity index (χ2n) is 6.04. The third-order valence-electron chi connectivity index (χ3n) is 4.39. The van der Waals surface area contributed by atoms with E-state index in [0.717, 1.165) is 23.2 Å². The van der Waals surface area contributed by atoms with Crippen molar-refractivity contribution < 1.29 is 4.79 Å². The third kappa shape index (κ3) is 3.40. The van der Waals surface area contributed by atoms with E-state index < -0.39 is 5.91 Å². The fraction of sp³-hybridized carbons (Fsp3) is 0.500. The predicted molar refractivity (Wildman–Crippen MR) is 88.9 cm³/mol. The van der Waals surface area contributed by atoms with Crippen molar-refractivity contribution >= 4 is 28.5 Å². The number of anilines is 1. The van der Waals surface area contributed by atoms with Gasteiger partial charge in [0.25, 0.3) is 0 Å². The molecule has 0 unspecified atom stereocenters. The Morgan fingerprint density at radius 3 is 2.76 bits per heavy atom. The molecule has 1 saturated carbocycles. The molecule has 5 heteroatoms. The Morgan fingerprint density at radius 1 is 1.29 bits per heavy atom. The summed E-state index contributed by atoms with van der Waals surface area (Å²) in [6.07, 6.45) is 6.70. The molecule has 1 amide bonds. The van der Waals surface area contributed by atoms with Crippen molar-refractivity contribution in [2.24, 2.45) is 16.1 Å². The largest absolute Gasteiger partial charge is 0.366 e. The molecule has 1 aromatic rings. The number of carbonyl (C=O) groups is 1. The van der Waals surface area contributed by atoms with Gasteiger partial charge in [-0.1, -0.05) is 37.1 Å². The van der Waals surface area contributed by atoms with Gasteiger partial charge in [0.05, 0.1) is 0 Å². The average molecular weight is 303 g/mol. The first-order valence-electron chi connectivity index (χ1n) is 7.51. The van der Waals surface area contributed by atoms with E-state index in [1.807, 2.05) is 12.1 Å². The number of amidine groups is 1. The van der Waals surface area contributed by atoms with Crippen LogP contribution >= 0.6 is 11.8 Å². The molecule has 0 saturated heterocycles. The van der Waals surface area contributed by atoms with Crippen LogP contribution in [-0.2, 0) is 0 Å². The highest BCUT2D eigenvalue weighted by molar-refractivity contribution is 8.14. The molecular formula is C16H21N3OS. The summed E-state index contributed by atoms with van der Waals surface area (Å²) >= 11 is 1.80. The van der Waals surface area contributed by atoms with Crippen LogP contribution in [0.5, 0.6) is 0 Å². The minimum absolute atomic E-state index is 0.405. The lowest BCUT2D eigenvalue weighted by Crippen LogP contribution is -2.35. The summed E-state index contributed by atoms with van der Waals surface area (Å²) in [6.45, 7) is 0.928. The minimum Gasteiger partial charge on any atom is -0.366 e. The summed E-state index contributed by atoms with van der Waals surface area (Å²) in [5.41, 5.74) is 7.13. The normalized spacial score (nSPS) is 20.9. The fourth-order valence-corrected chi connectivity index (χ4v) is 4.27. The number of rotatable bonds is 2. The summed E-state index contributed by atoms with van der Waals surface area (Å²) in [5.74, 6) is 0.743. The summed E-state index contributed by atoms with van der Waals surface area (Å²) in [4.78, 5) is 15.9. The zero-order valence-corrected chi connectivity index (χ0v) is 12.9. The van der Waals surface area contributed by atoms with Crippen LogP contribution in [-0.4, -0.2) is 23.4 Å². The number of benzene rings is 1. The summed E-state index contributed by atoms with van der Waals surface area (Å²) in [7, 11) is 0. The van der Waals surface area contributed by atoms with Gasteiger partial charge in [0.2, 0.25) is 5.91 Å². The number of aliphatic imine (C=N–C) groups is 1. The van der Waals surface area contributed by atoms with Crippen LogP contribution in [0.15, 0.2) is 29.3 Å². The first-order chi connectivity index (χ1) is 10.2. The molecule has 1 spiro atoms. The number of nitrogens with one attached hydrogen (secondary N) is 1. The van der Waals surface area contributed by atoms with Crippen LogP contribution in [0.4, 0.5) is 5.69 Å². The lowest BCUT2D eigenvalue weighted by atomic mass is 9.75. The number of thioether (sulfide) groups is 1. The second-order valence-corrected chi connectivity index (χ2v) is 7.00. The molecule has 0 bridgehead atoms. The van der Waals surface area contributed by atoms with Crippen molar-refractivity contribution in [2.45, 2.75) is 32.1 Å². The van der Waals surface area contributed by atoms with Crippen LogP contribution in [0.25, 0.3) is 0 Å². The topological polar surface area (TPSA) is 67.5 Å². The van der Waals surface area contributed by atoms with E-state index >= 15 is 0 Å². The lowest BCUT2D eigenvalue weighted by Gasteiger charge is -2.38. The van der Waals surface area contributed by atoms with Gasteiger partial charge in [-0.15, -0.1) is 0 Å². The Balaban J connectivity index is 1.66. The quantitative estimate of drug-likeness (QED) is 0.881. The Labute approximate surface area is 129 Å². The van der Waals surface area contributed by atoms with Crippen molar-refractivity contribution in [1.82, 2.24) is 0 Å². The summed E-state index contributed by atoms with van der Waals surface area (Å²) < 4.78 is 0. The number of amides is 1. The highest BCUT2D eigenvalue weighted by atomic mass is 32.2. The Hall–Kier alpha value is -1.49. The first-order valence-corrected chi connectivity index (χ1v) is 8.50. The van der Waals surface area contributed by atoms with Crippen LogP contribution in [0.3, 0.4) is 0 Å². The van der Waals surface area contributed by atoms with Crippen molar-refractivity contribution in [2.75, 3.05) is 17.6 Å². The molecular weight excluding hydrogens is 282 g/mol. The number of nitrogens with zero attached hydrogens (tertiary/aromatic N) is 1. The monoisotopic (exact) mass is 303 g/mol. The second kappa shape index (κ2) is 6.10. The number of hydrogen-bond donors (Lipinski definition) is 2. The minimum atomic E-state index is -0.405. The molecule has 1 aromatic carbocycles. The van der Waals surface area contributed by atoms with Crippen LogP contribution in [0.1, 0.15) is 42.5 Å². The van der Waals surface area contributed by atoms with Crippen LogP contribution in [0, 0.1) is 5.41 Å². The van der Waals surface area contributed by atoms with Crippen molar-refractivity contribution in [3.8, 4) is 0 Å². The standard InChI is InChI=1S/C16H21N3OS/c17-14(20)12-5-4-6-13(9-12)19-15-18-10-16(11-21-15)7-2-1-3-8-16/h4-6,9H,1-3,7-8,10-11H2,(H2,17,20)(H,18,19). The van der Waals surface area contributed by atoms with Gasteiger partial charge in [-0.05, 0) is 36.5 Å². The zero-order valence-electron chi connectivity index (χ0n) is 12.1. The fourth-order valence-electron chi connectivity index (χ4n) is 3.11. The van der Waals surface area contributed by atoms with Crippen molar-refractivity contribution in [3.63, 3.8) is 0 Å². The van der Waals surface area contributed by atoms with Gasteiger partial charge in [0.1, 0.15) is 0 Å². The van der Waals surface area contributed by atoms with Gasteiger partial charge in [-0.2, -0.15) is 0 Å². The number of nitrogens with two attached hydrogens (primary N) is 1. The van der Waals surface area contributed by atoms with Crippen molar-refractivity contribution in [1.29, 1.82) is 0 Å². The Morgan fingerprint density at radius 2 is 2.10 bits per heavy atom. The number of carbonyl (C=O) groups excluding carboxylic acids is 1. The molecule has 1 aliphatic heterocycles. The molecule has 1 heterocycles. The lowest BCUT2D eigenvalue weighted by molar-refractivity contribution is 0.100. The van der Waals surface area contributed by atoms with Crippen LogP contribution < -0.4 is 11.1 Å². The van der Waals surface area contributed by atoms with E-state index in [9.17, 15) is 4.79 Å². The number of primary amides is 1. The van der Waals surface area contributed by atoms with Crippen molar-refractivity contribution in [3.05, 3.63) is 29.8 Å². The van der Waals surface area contributed by atoms with E-state index in [1.165, 1.54) is 32.1 Å². The van der Waals surface area contributed by atoms with Gasteiger partial charge >= 0.3 is 0 Å². The molecule has 1 aliphatic carbocycles. The molecule has 112 valence electrons. The zero-order chi connectivity index (χ0) is 14.7. The first kappa shape index (κ1) is 14.4. The molecule has 1 fully saturated rings. The maximum Gasteiger partial charge on any atom is 0.248 e. The smallest absolute Gasteiger partial charge is 0.248 e. The van der Waals surface area contributed by atoms with Gasteiger partial charge in [-0.25, -0.2) is 0 Å². The van der Waals surface area contributed by atoms with E-state index in [-0.39, 0.29) is 0 Å². The maximum atomic E-state index is 11.2. The Bertz CT molecular complexity index is 564. The highest BCUT2D eigenvalue weighted by Crippen LogP contribution is 2.41. The van der Waals surface area contributed by atoms with Gasteiger partial charge in [0, 0.05) is 23.5 Å². The van der Waals surface area contributed by atoms with Gasteiger partial charge in [0.15, 0.2) is 5.17 Å². The molecule has 3 N–H and O–H groups in total. The Kier molecular flexibility index (Phi) is 4.19. The SMILES string of the molecule is NC(=O)c1cccc(NC2=NCC3(CCCCC3)CS2)c1. The van der Waals surface area contributed by atoms with E-state index in [1.54, 1.807) is 23.9 Å². The summed E-state index contributed by atoms with van der Waals surface area (Å²) in [5, 5.41) is 4.25.